The predicted molar refractivity (Wildman–Crippen MR) is 81.4 cm³/mol. The fraction of sp³-hybridized carbons (Fsp3) is 1.00. The Morgan fingerprint density at radius 3 is 2.39 bits per heavy atom. The SMILES string of the molecule is CC(C)C1CCCCC1NCC1CCNCC1.Cl. The minimum absolute atomic E-state index is 0. The second-order valence-electron chi connectivity index (χ2n) is 6.40. The standard InChI is InChI=1S/C15H30N2.ClH/c1-12(2)14-5-3-4-6-15(14)17-11-13-7-9-16-10-8-13;/h12-17H,3-11H2,1-2H3;1H. The Morgan fingerprint density at radius 2 is 1.72 bits per heavy atom. The normalized spacial score (nSPS) is 30.2. The Kier molecular flexibility index (Phi) is 7.59. The van der Waals surface area contributed by atoms with Crippen LogP contribution in [0, 0.1) is 17.8 Å². The van der Waals surface area contributed by atoms with Gasteiger partial charge in [-0.3, -0.25) is 0 Å². The van der Waals surface area contributed by atoms with Crippen LogP contribution in [-0.2, 0) is 0 Å². The van der Waals surface area contributed by atoms with E-state index in [1.54, 1.807) is 0 Å². The van der Waals surface area contributed by atoms with Crippen LogP contribution in [0.4, 0.5) is 0 Å². The first-order chi connectivity index (χ1) is 8.27. The van der Waals surface area contributed by atoms with Crippen LogP contribution in [0.5, 0.6) is 0 Å². The maximum absolute atomic E-state index is 3.89. The maximum Gasteiger partial charge on any atom is 0.00978 e. The van der Waals surface area contributed by atoms with Gasteiger partial charge in [0.25, 0.3) is 0 Å². The zero-order chi connectivity index (χ0) is 12.1. The number of hydrogen-bond donors (Lipinski definition) is 2. The van der Waals surface area contributed by atoms with Gasteiger partial charge in [-0.25, -0.2) is 0 Å². The molecule has 0 aromatic rings. The van der Waals surface area contributed by atoms with Crippen molar-refractivity contribution in [1.82, 2.24) is 10.6 Å². The number of nitrogens with one attached hydrogen (secondary N) is 2. The summed E-state index contributed by atoms with van der Waals surface area (Å²) in [6, 6.07) is 0.804. The van der Waals surface area contributed by atoms with Crippen LogP contribution in [0.1, 0.15) is 52.4 Å². The third-order valence-corrected chi connectivity index (χ3v) is 4.80. The predicted octanol–water partition coefficient (Wildman–Crippen LogP) is 3.21. The molecule has 0 aromatic carbocycles. The van der Waals surface area contributed by atoms with Gasteiger partial charge in [0.2, 0.25) is 0 Å². The average Bonchev–Trinajstić information content (AvgIpc) is 2.38. The van der Waals surface area contributed by atoms with E-state index in [4.69, 9.17) is 0 Å². The Hall–Kier alpha value is 0.210. The van der Waals surface area contributed by atoms with Crippen molar-refractivity contribution in [3.05, 3.63) is 0 Å². The van der Waals surface area contributed by atoms with E-state index in [0.29, 0.717) is 0 Å². The van der Waals surface area contributed by atoms with Gasteiger partial charge in [0.05, 0.1) is 0 Å². The molecule has 2 unspecified atom stereocenters. The van der Waals surface area contributed by atoms with E-state index >= 15 is 0 Å². The van der Waals surface area contributed by atoms with Crippen molar-refractivity contribution in [3.63, 3.8) is 0 Å². The first-order valence-corrected chi connectivity index (χ1v) is 7.71. The molecule has 0 spiro atoms. The molecule has 18 heavy (non-hydrogen) atoms. The van der Waals surface area contributed by atoms with Crippen molar-refractivity contribution in [2.75, 3.05) is 19.6 Å². The van der Waals surface area contributed by atoms with Crippen molar-refractivity contribution in [2.45, 2.75) is 58.4 Å². The Bertz CT molecular complexity index is 215. The van der Waals surface area contributed by atoms with Crippen LogP contribution in [0.3, 0.4) is 0 Å². The fourth-order valence-electron chi connectivity index (χ4n) is 3.61. The highest BCUT2D eigenvalue weighted by molar-refractivity contribution is 5.85. The van der Waals surface area contributed by atoms with E-state index in [2.05, 4.69) is 24.5 Å². The first kappa shape index (κ1) is 16.3. The third-order valence-electron chi connectivity index (χ3n) is 4.80. The molecule has 1 heterocycles. The Labute approximate surface area is 119 Å². The van der Waals surface area contributed by atoms with Gasteiger partial charge < -0.3 is 10.6 Å². The van der Waals surface area contributed by atoms with E-state index in [-0.39, 0.29) is 12.4 Å². The van der Waals surface area contributed by atoms with Gasteiger partial charge >= 0.3 is 0 Å². The molecule has 0 bridgehead atoms. The summed E-state index contributed by atoms with van der Waals surface area (Å²) in [5, 5.41) is 7.35. The molecule has 0 radical (unpaired) electrons. The number of rotatable bonds is 4. The summed E-state index contributed by atoms with van der Waals surface area (Å²) in [6.07, 6.45) is 8.48. The van der Waals surface area contributed by atoms with E-state index in [0.717, 1.165) is 23.8 Å². The molecular weight excluding hydrogens is 244 g/mol. The summed E-state index contributed by atoms with van der Waals surface area (Å²) in [5.74, 6) is 2.69. The maximum atomic E-state index is 3.89. The smallest absolute Gasteiger partial charge is 0.00978 e. The van der Waals surface area contributed by atoms with Crippen molar-refractivity contribution in [2.24, 2.45) is 17.8 Å². The van der Waals surface area contributed by atoms with Crippen molar-refractivity contribution >= 4 is 12.4 Å². The van der Waals surface area contributed by atoms with Crippen LogP contribution in [0.25, 0.3) is 0 Å². The van der Waals surface area contributed by atoms with Crippen LogP contribution in [-0.4, -0.2) is 25.7 Å². The van der Waals surface area contributed by atoms with E-state index in [1.165, 1.54) is 58.2 Å². The van der Waals surface area contributed by atoms with Gasteiger partial charge in [-0.1, -0.05) is 26.7 Å². The van der Waals surface area contributed by atoms with Crippen molar-refractivity contribution in [3.8, 4) is 0 Å². The first-order valence-electron chi connectivity index (χ1n) is 7.71. The van der Waals surface area contributed by atoms with Crippen LogP contribution < -0.4 is 10.6 Å². The lowest BCUT2D eigenvalue weighted by molar-refractivity contribution is 0.194. The molecule has 0 aromatic heterocycles. The lowest BCUT2D eigenvalue weighted by Crippen LogP contribution is -2.44. The van der Waals surface area contributed by atoms with Gasteiger partial charge in [0, 0.05) is 6.04 Å². The quantitative estimate of drug-likeness (QED) is 0.823. The molecule has 3 heteroatoms. The zero-order valence-corrected chi connectivity index (χ0v) is 12.9. The summed E-state index contributed by atoms with van der Waals surface area (Å²) in [6.45, 7) is 8.51. The van der Waals surface area contributed by atoms with Gasteiger partial charge in [0.1, 0.15) is 0 Å². The highest BCUT2D eigenvalue weighted by Crippen LogP contribution is 2.30. The second kappa shape index (κ2) is 8.39. The third kappa shape index (κ3) is 4.71. The molecule has 2 rings (SSSR count). The zero-order valence-electron chi connectivity index (χ0n) is 12.1. The number of piperidine rings is 1. The minimum atomic E-state index is 0. The molecule has 2 nitrogen and oxygen atoms in total. The molecule has 1 saturated carbocycles. The summed E-state index contributed by atoms with van der Waals surface area (Å²) in [7, 11) is 0. The molecule has 0 amide bonds. The molecule has 1 aliphatic carbocycles. The monoisotopic (exact) mass is 274 g/mol. The Balaban J connectivity index is 0.00000162. The van der Waals surface area contributed by atoms with Gasteiger partial charge in [-0.15, -0.1) is 12.4 Å². The molecule has 1 aliphatic heterocycles. The largest absolute Gasteiger partial charge is 0.317 e. The van der Waals surface area contributed by atoms with Crippen molar-refractivity contribution in [1.29, 1.82) is 0 Å². The lowest BCUT2D eigenvalue weighted by atomic mass is 9.77. The molecule has 2 N–H and O–H groups in total. The number of hydrogen-bond acceptors (Lipinski definition) is 2. The highest BCUT2D eigenvalue weighted by atomic mass is 35.5. The summed E-state index contributed by atoms with van der Waals surface area (Å²) < 4.78 is 0. The van der Waals surface area contributed by atoms with E-state index in [9.17, 15) is 0 Å². The number of halogens is 1. The summed E-state index contributed by atoms with van der Waals surface area (Å²) in [5.41, 5.74) is 0. The topological polar surface area (TPSA) is 24.1 Å². The molecule has 2 fully saturated rings. The molecule has 1 saturated heterocycles. The molecule has 2 atom stereocenters. The summed E-state index contributed by atoms with van der Waals surface area (Å²) >= 11 is 0. The van der Waals surface area contributed by atoms with Crippen molar-refractivity contribution < 1.29 is 0 Å². The van der Waals surface area contributed by atoms with Gasteiger partial charge in [-0.2, -0.15) is 0 Å². The van der Waals surface area contributed by atoms with E-state index < -0.39 is 0 Å². The van der Waals surface area contributed by atoms with E-state index in [1.807, 2.05) is 0 Å². The summed E-state index contributed by atoms with van der Waals surface area (Å²) in [4.78, 5) is 0. The highest BCUT2D eigenvalue weighted by Gasteiger charge is 2.27. The van der Waals surface area contributed by atoms with Gasteiger partial charge in [0.15, 0.2) is 0 Å². The van der Waals surface area contributed by atoms with Crippen LogP contribution >= 0.6 is 12.4 Å². The second-order valence-corrected chi connectivity index (χ2v) is 6.40. The van der Waals surface area contributed by atoms with Crippen LogP contribution in [0.2, 0.25) is 0 Å². The minimum Gasteiger partial charge on any atom is -0.317 e. The molecular formula is C15H31ClN2. The molecule has 2 aliphatic rings. The Morgan fingerprint density at radius 1 is 1.06 bits per heavy atom. The van der Waals surface area contributed by atoms with Gasteiger partial charge in [-0.05, 0) is 63.1 Å². The average molecular weight is 275 g/mol. The molecule has 108 valence electrons. The van der Waals surface area contributed by atoms with Crippen LogP contribution in [0.15, 0.2) is 0 Å². The fourth-order valence-corrected chi connectivity index (χ4v) is 3.61. The lowest BCUT2D eigenvalue weighted by Gasteiger charge is -2.36.